The van der Waals surface area contributed by atoms with Gasteiger partial charge in [-0.25, -0.2) is 34.0 Å². The van der Waals surface area contributed by atoms with Gasteiger partial charge in [0.1, 0.15) is 35.5 Å². The van der Waals surface area contributed by atoms with Crippen LogP contribution in [0.1, 0.15) is 68.7 Å². The quantitative estimate of drug-likeness (QED) is 0.167. The topological polar surface area (TPSA) is 243 Å². The Bertz CT molecular complexity index is 3170. The molecule has 2 N–H and O–H groups in total. The predicted octanol–water partition coefficient (Wildman–Crippen LogP) is 5.65. The largest absolute Gasteiger partial charge is 0.443 e. The zero-order valence-corrected chi connectivity index (χ0v) is 42.8. The van der Waals surface area contributed by atoms with Crippen molar-refractivity contribution in [1.29, 1.82) is 10.5 Å². The zero-order chi connectivity index (χ0) is 50.1. The number of nitrogens with zero attached hydrogens (tertiary/aromatic N) is 12. The third-order valence-electron chi connectivity index (χ3n) is 12.8. The van der Waals surface area contributed by atoms with E-state index >= 15 is 0 Å². The summed E-state index contributed by atoms with van der Waals surface area (Å²) >= 11 is 3.32. The molecule has 70 heavy (non-hydrogen) atoms. The SMILES string of the molecule is CN(Cc1ccc(C#N)cc1)S(=O)(=O)N1CCN(c2ncnc3[nH]ccc23)CC12CC2.CNS(=O)(=O)N1CCN(c2ncnc3c2ccn3C(=O)OC(C)(C)C)CC12CC2.N#Cc1ccc(CBr)cc1. The number of alkyl halides is 1. The van der Waals surface area contributed by atoms with Crippen LogP contribution in [-0.2, 0) is 37.0 Å². The van der Waals surface area contributed by atoms with E-state index in [1.807, 2.05) is 57.3 Å². The number of nitrogens with one attached hydrogen (secondary N) is 2. The highest BCUT2D eigenvalue weighted by atomic mass is 79.9. The van der Waals surface area contributed by atoms with E-state index in [2.05, 4.69) is 67.5 Å². The van der Waals surface area contributed by atoms with Gasteiger partial charge in [-0.15, -0.1) is 0 Å². The van der Waals surface area contributed by atoms with Crippen molar-refractivity contribution in [3.8, 4) is 12.1 Å². The van der Waals surface area contributed by atoms with E-state index in [9.17, 15) is 21.6 Å². The molecular formula is C47H55BrN14O6S2. The van der Waals surface area contributed by atoms with E-state index in [4.69, 9.17) is 15.3 Å². The van der Waals surface area contributed by atoms with Crippen molar-refractivity contribution < 1.29 is 26.4 Å². The Morgan fingerprint density at radius 1 is 0.786 bits per heavy atom. The summed E-state index contributed by atoms with van der Waals surface area (Å²) in [5.41, 5.74) is 3.18. The molecule has 4 aliphatic rings. The molecule has 6 aromatic rings. The maximum absolute atomic E-state index is 13.4. The highest BCUT2D eigenvalue weighted by molar-refractivity contribution is 9.08. The molecule has 2 aromatic carbocycles. The van der Waals surface area contributed by atoms with Crippen molar-refractivity contribution in [2.45, 2.75) is 75.0 Å². The van der Waals surface area contributed by atoms with Crippen molar-refractivity contribution in [2.24, 2.45) is 0 Å². The minimum absolute atomic E-state index is 0.264. The molecule has 6 heterocycles. The number of hydrogen-bond acceptors (Lipinski definition) is 14. The van der Waals surface area contributed by atoms with Crippen LogP contribution in [0.5, 0.6) is 0 Å². The van der Waals surface area contributed by atoms with Crippen LogP contribution < -0.4 is 14.5 Å². The summed E-state index contributed by atoms with van der Waals surface area (Å²) in [6.45, 7) is 8.74. The third-order valence-corrected chi connectivity index (χ3v) is 17.1. The lowest BCUT2D eigenvalue weighted by Crippen LogP contribution is -2.59. The van der Waals surface area contributed by atoms with Gasteiger partial charge in [0, 0.05) is 77.6 Å². The van der Waals surface area contributed by atoms with E-state index in [1.165, 1.54) is 27.8 Å². The number of anilines is 2. The van der Waals surface area contributed by atoms with Crippen LogP contribution in [0.25, 0.3) is 22.1 Å². The summed E-state index contributed by atoms with van der Waals surface area (Å²) in [5.74, 6) is 1.55. The Kier molecular flexibility index (Phi) is 14.4. The first kappa shape index (κ1) is 50.3. The number of aromatic nitrogens is 6. The Hall–Kier alpha value is -6.05. The van der Waals surface area contributed by atoms with Crippen LogP contribution in [0.2, 0.25) is 0 Å². The maximum atomic E-state index is 13.4. The molecule has 10 rings (SSSR count). The maximum Gasteiger partial charge on any atom is 0.420 e. The minimum Gasteiger partial charge on any atom is -0.443 e. The molecule has 2 aliphatic carbocycles. The lowest BCUT2D eigenvalue weighted by atomic mass is 10.1. The summed E-state index contributed by atoms with van der Waals surface area (Å²) in [7, 11) is -4.05. The van der Waals surface area contributed by atoms with Crippen LogP contribution >= 0.6 is 15.9 Å². The lowest BCUT2D eigenvalue weighted by molar-refractivity contribution is 0.0543. The van der Waals surface area contributed by atoms with Gasteiger partial charge in [-0.1, -0.05) is 40.2 Å². The minimum atomic E-state index is -3.62. The van der Waals surface area contributed by atoms with Crippen molar-refractivity contribution in [2.75, 3.05) is 63.2 Å². The average Bonchev–Trinajstić information content (AvgIpc) is 4.16. The van der Waals surface area contributed by atoms with E-state index in [0.29, 0.717) is 61.9 Å². The number of rotatable bonds is 9. The summed E-state index contributed by atoms with van der Waals surface area (Å²) in [5, 5.41) is 19.9. The molecule has 368 valence electrons. The summed E-state index contributed by atoms with van der Waals surface area (Å²) in [4.78, 5) is 37.3. The Morgan fingerprint density at radius 2 is 1.33 bits per heavy atom. The van der Waals surface area contributed by atoms with Gasteiger partial charge >= 0.3 is 6.09 Å². The first-order valence-corrected chi connectivity index (χ1v) is 26.6. The standard InChI is InChI=1S/C21H23N7O2S.C18H26N6O4S.C8H6BrN/c1-26(13-17-4-2-16(12-22)3-5-17)31(29,30)28-11-10-27(14-21(28)7-8-21)20-18-6-9-23-19(18)24-15-25-20;1-17(2,3)28-16(25)23-8-5-13-14(20-12-21-15(13)23)22-9-10-24(29(26,27)19-4)18(11-22)6-7-18;9-5-7-1-3-8(6-10)4-2-7/h2-6,9,15H,7-8,10-11,13-14H2,1H3,(H,23,24,25);5,8,12,19H,6-7,9-11H2,1-4H3;1-4H,5H2. The third kappa shape index (κ3) is 10.7. The molecular weight excluding hydrogens is 1000 g/mol. The second-order valence-electron chi connectivity index (χ2n) is 18.7. The van der Waals surface area contributed by atoms with Crippen LogP contribution in [0.15, 0.2) is 85.7 Å². The van der Waals surface area contributed by atoms with E-state index < -0.39 is 37.7 Å². The molecule has 20 nitrogen and oxygen atoms in total. The van der Waals surface area contributed by atoms with E-state index in [0.717, 1.165) is 58.8 Å². The second kappa shape index (κ2) is 20.0. The van der Waals surface area contributed by atoms with Gasteiger partial charge in [0.2, 0.25) is 0 Å². The van der Waals surface area contributed by atoms with Crippen LogP contribution in [0, 0.1) is 22.7 Å². The molecule has 0 unspecified atom stereocenters. The van der Waals surface area contributed by atoms with Crippen LogP contribution in [0.4, 0.5) is 16.4 Å². The van der Waals surface area contributed by atoms with Gasteiger partial charge in [0.25, 0.3) is 20.4 Å². The molecule has 4 fully saturated rings. The molecule has 2 saturated heterocycles. The van der Waals surface area contributed by atoms with Crippen molar-refractivity contribution >= 4 is 76.1 Å². The van der Waals surface area contributed by atoms with E-state index in [1.54, 1.807) is 58.5 Å². The first-order valence-electron chi connectivity index (χ1n) is 22.7. The number of halogens is 1. The number of piperazine rings is 2. The number of benzene rings is 2. The van der Waals surface area contributed by atoms with Gasteiger partial charge < -0.3 is 19.5 Å². The van der Waals surface area contributed by atoms with Crippen molar-refractivity contribution in [1.82, 2.24) is 47.1 Å². The Morgan fingerprint density at radius 3 is 1.87 bits per heavy atom. The first-order chi connectivity index (χ1) is 33.4. The number of carbonyl (C=O) groups excluding carboxylic acids is 1. The molecule has 0 bridgehead atoms. The zero-order valence-electron chi connectivity index (χ0n) is 39.6. The van der Waals surface area contributed by atoms with Gasteiger partial charge in [-0.05, 0) is 94.0 Å². The molecule has 23 heteroatoms. The molecule has 2 spiro atoms. The second-order valence-corrected chi connectivity index (χ2v) is 23.0. The van der Waals surface area contributed by atoms with Crippen LogP contribution in [0.3, 0.4) is 0 Å². The normalized spacial score (nSPS) is 17.6. The van der Waals surface area contributed by atoms with Crippen molar-refractivity contribution in [3.05, 3.63) is 108 Å². The smallest absolute Gasteiger partial charge is 0.420 e. The number of ether oxygens (including phenoxy) is 1. The summed E-state index contributed by atoms with van der Waals surface area (Å²) in [6, 6.07) is 22.4. The fourth-order valence-electron chi connectivity index (χ4n) is 8.85. The number of aromatic amines is 1. The number of nitriles is 2. The van der Waals surface area contributed by atoms with Crippen molar-refractivity contribution in [3.63, 3.8) is 0 Å². The summed E-state index contributed by atoms with van der Waals surface area (Å²) < 4.78 is 65.5. The number of carbonyl (C=O) groups is 1. The average molecular weight is 1060 g/mol. The fourth-order valence-corrected chi connectivity index (χ4v) is 12.2. The van der Waals surface area contributed by atoms with Gasteiger partial charge in [0.15, 0.2) is 5.65 Å². The highest BCUT2D eigenvalue weighted by Gasteiger charge is 2.57. The van der Waals surface area contributed by atoms with Gasteiger partial charge in [0.05, 0.1) is 45.1 Å². The predicted molar refractivity (Wildman–Crippen MR) is 268 cm³/mol. The molecule has 0 radical (unpaired) electrons. The number of hydrogen-bond donors (Lipinski definition) is 2. The monoisotopic (exact) mass is 1050 g/mol. The summed E-state index contributed by atoms with van der Waals surface area (Å²) in [6.07, 6.45) is 9.26. The Balaban J connectivity index is 0.000000158. The molecule has 2 aliphatic heterocycles. The Labute approximate surface area is 416 Å². The fraction of sp³-hybridized carbons (Fsp3) is 0.426. The molecule has 2 saturated carbocycles. The lowest BCUT2D eigenvalue weighted by Gasteiger charge is -2.43. The molecule has 0 amide bonds. The highest BCUT2D eigenvalue weighted by Crippen LogP contribution is 2.48. The van der Waals surface area contributed by atoms with Gasteiger partial charge in [-0.3, -0.25) is 0 Å². The molecule has 4 aromatic heterocycles. The van der Waals surface area contributed by atoms with E-state index in [-0.39, 0.29) is 12.1 Å². The number of fused-ring (bicyclic) bond motifs is 2. The molecule has 0 atom stereocenters. The number of H-pyrrole nitrogens is 1. The van der Waals surface area contributed by atoms with Gasteiger partial charge in [-0.2, -0.15) is 40.3 Å². The van der Waals surface area contributed by atoms with Crippen LogP contribution in [-0.4, -0.2) is 135 Å².